The molecule has 0 radical (unpaired) electrons. The molecule has 0 unspecified atom stereocenters. The number of hydrogen-bond donors (Lipinski definition) is 0. The minimum Gasteiger partial charge on any atom is -0.462 e. The van der Waals surface area contributed by atoms with Gasteiger partial charge in [0.25, 0.3) is 0 Å². The molecule has 1 rings (SSSR count). The molecule has 0 bridgehead atoms. The maximum Gasteiger partial charge on any atom is 0.306 e. The van der Waals surface area contributed by atoms with Crippen molar-refractivity contribution in [2.24, 2.45) is 11.8 Å². The first-order chi connectivity index (χ1) is 20.8. The fourth-order valence-corrected chi connectivity index (χ4v) is 5.68. The van der Waals surface area contributed by atoms with Crippen molar-refractivity contribution in [1.29, 1.82) is 0 Å². The molecule has 0 atom stereocenters. The zero-order valence-corrected chi connectivity index (χ0v) is 28.0. The summed E-state index contributed by atoms with van der Waals surface area (Å²) in [7, 11) is 4.21. The van der Waals surface area contributed by atoms with Crippen LogP contribution in [0.3, 0.4) is 0 Å². The van der Waals surface area contributed by atoms with Crippen LogP contribution >= 0.6 is 0 Å². The van der Waals surface area contributed by atoms with E-state index in [0.29, 0.717) is 44.3 Å². The van der Waals surface area contributed by atoms with Crippen molar-refractivity contribution < 1.29 is 28.6 Å². The largest absolute Gasteiger partial charge is 0.462 e. The van der Waals surface area contributed by atoms with E-state index in [1.165, 1.54) is 0 Å². The maximum absolute atomic E-state index is 12.8. The number of nitrogens with zero attached hydrogens (tertiary/aromatic N) is 1. The zero-order chi connectivity index (χ0) is 31.5. The molecule has 0 amide bonds. The predicted octanol–water partition coefficient (Wildman–Crippen LogP) is 8.36. The van der Waals surface area contributed by atoms with Gasteiger partial charge in [0.05, 0.1) is 0 Å². The van der Waals surface area contributed by atoms with Gasteiger partial charge in [-0.3, -0.25) is 14.4 Å². The Morgan fingerprint density at radius 3 is 1.58 bits per heavy atom. The van der Waals surface area contributed by atoms with Crippen LogP contribution in [0.5, 0.6) is 0 Å². The van der Waals surface area contributed by atoms with Crippen LogP contribution in [0.15, 0.2) is 24.3 Å². The lowest BCUT2D eigenvalue weighted by atomic mass is 9.73. The van der Waals surface area contributed by atoms with Gasteiger partial charge in [0.2, 0.25) is 0 Å². The minimum atomic E-state index is -0.119. The smallest absolute Gasteiger partial charge is 0.306 e. The summed E-state index contributed by atoms with van der Waals surface area (Å²) < 4.78 is 16.4. The van der Waals surface area contributed by atoms with Crippen molar-refractivity contribution in [2.45, 2.75) is 142 Å². The third-order valence-electron chi connectivity index (χ3n) is 8.01. The zero-order valence-electron chi connectivity index (χ0n) is 28.0. The average Bonchev–Trinajstić information content (AvgIpc) is 2.95. The topological polar surface area (TPSA) is 82.1 Å². The molecule has 0 spiro atoms. The van der Waals surface area contributed by atoms with Crippen LogP contribution in [-0.4, -0.2) is 62.8 Å². The van der Waals surface area contributed by atoms with Crippen LogP contribution in [0.4, 0.5) is 0 Å². The molecule has 1 fully saturated rings. The number of carbonyl (C=O) groups is 3. The van der Waals surface area contributed by atoms with Gasteiger partial charge in [-0.2, -0.15) is 0 Å². The number of rotatable bonds is 27. The summed E-state index contributed by atoms with van der Waals surface area (Å²) >= 11 is 0. The second-order valence-corrected chi connectivity index (χ2v) is 12.5. The summed E-state index contributed by atoms with van der Waals surface area (Å²) in [5, 5.41) is 0. The van der Waals surface area contributed by atoms with Crippen LogP contribution < -0.4 is 0 Å². The summed E-state index contributed by atoms with van der Waals surface area (Å²) in [6, 6.07) is 0. The highest BCUT2D eigenvalue weighted by atomic mass is 16.5. The average molecular weight is 606 g/mol. The van der Waals surface area contributed by atoms with Gasteiger partial charge in [-0.25, -0.2) is 0 Å². The lowest BCUT2D eigenvalue weighted by molar-refractivity contribution is -0.152. The number of ether oxygens (including phenoxy) is 3. The third kappa shape index (κ3) is 23.0. The van der Waals surface area contributed by atoms with Gasteiger partial charge in [0, 0.05) is 25.8 Å². The molecule has 248 valence electrons. The summed E-state index contributed by atoms with van der Waals surface area (Å²) in [5.74, 6) is 0.918. The van der Waals surface area contributed by atoms with E-state index in [9.17, 15) is 14.4 Å². The van der Waals surface area contributed by atoms with Gasteiger partial charge < -0.3 is 19.1 Å². The Balaban J connectivity index is 2.27. The van der Waals surface area contributed by atoms with E-state index in [4.69, 9.17) is 14.2 Å². The van der Waals surface area contributed by atoms with Crippen LogP contribution in [0.2, 0.25) is 0 Å². The minimum absolute atomic E-state index is 0.0116. The van der Waals surface area contributed by atoms with Crippen molar-refractivity contribution in [2.75, 3.05) is 33.9 Å². The van der Waals surface area contributed by atoms with E-state index in [-0.39, 0.29) is 24.0 Å². The third-order valence-corrected chi connectivity index (χ3v) is 8.01. The molecular weight excluding hydrogens is 542 g/mol. The molecule has 0 N–H and O–H groups in total. The predicted molar refractivity (Wildman–Crippen MR) is 175 cm³/mol. The molecule has 0 aromatic carbocycles. The van der Waals surface area contributed by atoms with E-state index in [1.807, 2.05) is 24.3 Å². The number of allylic oxidation sites excluding steroid dienone is 2. The Kier molecular flexibility index (Phi) is 23.7. The van der Waals surface area contributed by atoms with Crippen LogP contribution in [0.25, 0.3) is 0 Å². The Morgan fingerprint density at radius 2 is 1.12 bits per heavy atom. The van der Waals surface area contributed by atoms with E-state index >= 15 is 0 Å². The number of hydrogen-bond acceptors (Lipinski definition) is 7. The first kappa shape index (κ1) is 38.9. The molecule has 43 heavy (non-hydrogen) atoms. The monoisotopic (exact) mass is 605 g/mol. The van der Waals surface area contributed by atoms with Gasteiger partial charge >= 0.3 is 17.9 Å². The molecule has 0 aliphatic heterocycles. The van der Waals surface area contributed by atoms with Gasteiger partial charge in [-0.15, -0.1) is 0 Å². The van der Waals surface area contributed by atoms with Gasteiger partial charge in [-0.1, -0.05) is 76.7 Å². The van der Waals surface area contributed by atoms with E-state index in [2.05, 4.69) is 32.8 Å². The SMILES string of the molecule is CC/C=C\COC(=O)CCCCCCCC(CCCCCCCC(=O)OC/C=C\CC)OC(=O)CC1CC(CN(C)C)C1. The molecule has 7 nitrogen and oxygen atoms in total. The summed E-state index contributed by atoms with van der Waals surface area (Å²) in [4.78, 5) is 38.6. The highest BCUT2D eigenvalue weighted by molar-refractivity contribution is 5.70. The first-order valence-electron chi connectivity index (χ1n) is 17.3. The second-order valence-electron chi connectivity index (χ2n) is 12.5. The second kappa shape index (κ2) is 26.3. The molecule has 7 heteroatoms. The van der Waals surface area contributed by atoms with Crippen molar-refractivity contribution >= 4 is 17.9 Å². The van der Waals surface area contributed by atoms with Crippen molar-refractivity contribution in [1.82, 2.24) is 4.90 Å². The van der Waals surface area contributed by atoms with E-state index < -0.39 is 0 Å². The van der Waals surface area contributed by atoms with Crippen molar-refractivity contribution in [3.05, 3.63) is 24.3 Å². The Morgan fingerprint density at radius 1 is 0.651 bits per heavy atom. The molecule has 1 aliphatic carbocycles. The summed E-state index contributed by atoms with van der Waals surface area (Å²) in [5.41, 5.74) is 0. The highest BCUT2D eigenvalue weighted by Crippen LogP contribution is 2.36. The maximum atomic E-state index is 12.8. The molecule has 1 saturated carbocycles. The fraction of sp³-hybridized carbons (Fsp3) is 0.806. The quantitative estimate of drug-likeness (QED) is 0.0403. The lowest BCUT2D eigenvalue weighted by Gasteiger charge is -2.36. The molecule has 0 heterocycles. The Bertz CT molecular complexity index is 743. The van der Waals surface area contributed by atoms with Crippen LogP contribution in [0.1, 0.15) is 136 Å². The fourth-order valence-electron chi connectivity index (χ4n) is 5.68. The molecular formula is C36H63NO6. The Hall–Kier alpha value is -2.15. The lowest BCUT2D eigenvalue weighted by Crippen LogP contribution is -2.34. The van der Waals surface area contributed by atoms with Crippen molar-refractivity contribution in [3.8, 4) is 0 Å². The van der Waals surface area contributed by atoms with E-state index in [0.717, 1.165) is 109 Å². The normalized spacial score (nSPS) is 16.7. The van der Waals surface area contributed by atoms with Crippen molar-refractivity contribution in [3.63, 3.8) is 0 Å². The summed E-state index contributed by atoms with van der Waals surface area (Å²) in [6.45, 7) is 5.95. The van der Waals surface area contributed by atoms with Gasteiger partial charge in [-0.05, 0) is 90.1 Å². The van der Waals surface area contributed by atoms with Crippen LogP contribution in [-0.2, 0) is 28.6 Å². The number of carbonyl (C=O) groups excluding carboxylic acids is 3. The highest BCUT2D eigenvalue weighted by Gasteiger charge is 2.31. The van der Waals surface area contributed by atoms with Crippen LogP contribution in [0, 0.1) is 11.8 Å². The standard InChI is InChI=1S/C36H63NO6/c1-5-7-19-25-41-34(38)23-17-13-9-11-15-21-33(43-36(40)29-31-27-32(28-31)30-37(3)4)22-16-12-10-14-18-24-35(39)42-26-20-8-6-2/h7-8,19-20,31-33H,5-6,9-18,21-30H2,1-4H3/b19-7-,20-8-. The Labute approximate surface area is 263 Å². The summed E-state index contributed by atoms with van der Waals surface area (Å²) in [6.07, 6.45) is 25.4. The molecule has 0 saturated heterocycles. The number of esters is 3. The van der Waals surface area contributed by atoms with Gasteiger partial charge in [0.1, 0.15) is 19.3 Å². The number of unbranched alkanes of at least 4 members (excludes halogenated alkanes) is 8. The van der Waals surface area contributed by atoms with E-state index in [1.54, 1.807) is 0 Å². The molecule has 0 aromatic rings. The molecule has 0 aromatic heterocycles. The molecule has 1 aliphatic rings. The van der Waals surface area contributed by atoms with Gasteiger partial charge in [0.15, 0.2) is 0 Å². The first-order valence-corrected chi connectivity index (χ1v) is 17.3.